The molecule has 0 bridgehead atoms. The van der Waals surface area contributed by atoms with E-state index in [0.717, 1.165) is 37.2 Å². The topological polar surface area (TPSA) is 37.3 Å². The van der Waals surface area contributed by atoms with E-state index in [1.807, 2.05) is 0 Å². The van der Waals surface area contributed by atoms with Gasteiger partial charge in [0.15, 0.2) is 0 Å². The number of carboxylic acids is 1. The molecule has 1 N–H and O–H groups in total. The van der Waals surface area contributed by atoms with E-state index in [1.165, 1.54) is 12.1 Å². The van der Waals surface area contributed by atoms with Gasteiger partial charge < -0.3 is 5.11 Å². The van der Waals surface area contributed by atoms with Crippen molar-refractivity contribution < 1.29 is 14.3 Å². The maximum absolute atomic E-state index is 12.9. The first kappa shape index (κ1) is 14.0. The Hall–Kier alpha value is -1.38. The lowest BCUT2D eigenvalue weighted by Crippen LogP contribution is -2.29. The lowest BCUT2D eigenvalue weighted by Gasteiger charge is -2.30. The molecular formula is C16H21FO2. The molecule has 2 nitrogen and oxygen atoms in total. The minimum Gasteiger partial charge on any atom is -0.481 e. The summed E-state index contributed by atoms with van der Waals surface area (Å²) in [5.74, 6) is -0.348. The number of benzene rings is 1. The minimum atomic E-state index is -0.719. The van der Waals surface area contributed by atoms with Crippen molar-refractivity contribution >= 4 is 5.97 Å². The summed E-state index contributed by atoms with van der Waals surface area (Å²) in [7, 11) is 0. The Balaban J connectivity index is 2.04. The molecule has 0 radical (unpaired) electrons. The normalized spacial score (nSPS) is 24.9. The van der Waals surface area contributed by atoms with E-state index >= 15 is 0 Å². The van der Waals surface area contributed by atoms with Crippen LogP contribution in [0.25, 0.3) is 0 Å². The van der Waals surface area contributed by atoms with Crippen LogP contribution in [0.2, 0.25) is 0 Å². The largest absolute Gasteiger partial charge is 0.481 e. The molecule has 19 heavy (non-hydrogen) atoms. The van der Waals surface area contributed by atoms with Crippen molar-refractivity contribution in [3.8, 4) is 0 Å². The number of hydrogen-bond donors (Lipinski definition) is 1. The molecule has 0 spiro atoms. The molecule has 0 aromatic heterocycles. The fourth-order valence-corrected chi connectivity index (χ4v) is 3.02. The summed E-state index contributed by atoms with van der Waals surface area (Å²) in [5.41, 5.74) is 0.910. The lowest BCUT2D eigenvalue weighted by atomic mass is 9.74. The van der Waals surface area contributed by atoms with E-state index < -0.39 is 5.97 Å². The zero-order valence-corrected chi connectivity index (χ0v) is 11.3. The van der Waals surface area contributed by atoms with E-state index in [1.54, 1.807) is 12.1 Å². The Morgan fingerprint density at radius 3 is 2.37 bits per heavy atom. The number of hydrogen-bond acceptors (Lipinski definition) is 1. The Morgan fingerprint density at radius 1 is 1.26 bits per heavy atom. The first-order chi connectivity index (χ1) is 9.06. The lowest BCUT2D eigenvalue weighted by molar-refractivity contribution is -0.144. The maximum atomic E-state index is 12.9. The first-order valence-electron chi connectivity index (χ1n) is 7.03. The summed E-state index contributed by atoms with van der Waals surface area (Å²) in [4.78, 5) is 11.5. The molecule has 0 amide bonds. The molecule has 1 aliphatic carbocycles. The van der Waals surface area contributed by atoms with Crippen LogP contribution < -0.4 is 0 Å². The van der Waals surface area contributed by atoms with Crippen LogP contribution in [0.5, 0.6) is 0 Å². The molecule has 1 unspecified atom stereocenters. The van der Waals surface area contributed by atoms with Crippen LogP contribution in [0.15, 0.2) is 24.3 Å². The molecule has 1 aromatic carbocycles. The summed E-state index contributed by atoms with van der Waals surface area (Å²) < 4.78 is 12.9. The van der Waals surface area contributed by atoms with Gasteiger partial charge >= 0.3 is 5.97 Å². The Labute approximate surface area is 113 Å². The standard InChI is InChI=1S/C16H21FO2/c1-11-2-6-13(7-3-11)15(16(18)19)10-12-4-8-14(17)9-5-12/h4-5,8-9,11,13,15H,2-3,6-7,10H2,1H3,(H,18,19). The highest BCUT2D eigenvalue weighted by Crippen LogP contribution is 2.34. The average molecular weight is 264 g/mol. The van der Waals surface area contributed by atoms with Crippen molar-refractivity contribution in [1.82, 2.24) is 0 Å². The third kappa shape index (κ3) is 3.79. The molecule has 1 fully saturated rings. The van der Waals surface area contributed by atoms with E-state index in [-0.39, 0.29) is 17.7 Å². The molecule has 3 heteroatoms. The molecule has 2 rings (SSSR count). The Kier molecular flexibility index (Phi) is 4.56. The third-order valence-electron chi connectivity index (χ3n) is 4.32. The van der Waals surface area contributed by atoms with Crippen LogP contribution in [-0.4, -0.2) is 11.1 Å². The maximum Gasteiger partial charge on any atom is 0.307 e. The van der Waals surface area contributed by atoms with Gasteiger partial charge in [0.05, 0.1) is 5.92 Å². The SMILES string of the molecule is CC1CCC(C(Cc2ccc(F)cc2)C(=O)O)CC1. The third-order valence-corrected chi connectivity index (χ3v) is 4.32. The highest BCUT2D eigenvalue weighted by Gasteiger charge is 2.30. The van der Waals surface area contributed by atoms with Gasteiger partial charge in [-0.3, -0.25) is 4.79 Å². The smallest absolute Gasteiger partial charge is 0.307 e. The second kappa shape index (κ2) is 6.18. The van der Waals surface area contributed by atoms with Gasteiger partial charge in [-0.1, -0.05) is 31.9 Å². The molecule has 0 saturated heterocycles. The molecule has 0 heterocycles. The second-order valence-electron chi connectivity index (χ2n) is 5.80. The average Bonchev–Trinajstić information content (AvgIpc) is 2.39. The Bertz CT molecular complexity index is 419. The van der Waals surface area contributed by atoms with Gasteiger partial charge in [0.25, 0.3) is 0 Å². The van der Waals surface area contributed by atoms with Crippen LogP contribution in [-0.2, 0) is 11.2 Å². The highest BCUT2D eigenvalue weighted by atomic mass is 19.1. The van der Waals surface area contributed by atoms with Gasteiger partial charge in [-0.15, -0.1) is 0 Å². The van der Waals surface area contributed by atoms with Crippen LogP contribution in [0.1, 0.15) is 38.2 Å². The zero-order valence-electron chi connectivity index (χ0n) is 11.3. The number of rotatable bonds is 4. The number of aliphatic carboxylic acids is 1. The molecular weight excluding hydrogens is 243 g/mol. The van der Waals surface area contributed by atoms with Crippen molar-refractivity contribution in [3.63, 3.8) is 0 Å². The summed E-state index contributed by atoms with van der Waals surface area (Å²) in [5, 5.41) is 9.43. The van der Waals surface area contributed by atoms with Crippen molar-refractivity contribution in [2.45, 2.75) is 39.0 Å². The van der Waals surface area contributed by atoms with Gasteiger partial charge in [0.2, 0.25) is 0 Å². The number of halogens is 1. The van der Waals surface area contributed by atoms with Crippen molar-refractivity contribution in [2.24, 2.45) is 17.8 Å². The van der Waals surface area contributed by atoms with Crippen molar-refractivity contribution in [1.29, 1.82) is 0 Å². The predicted octanol–water partition coefficient (Wildman–Crippen LogP) is 3.90. The van der Waals surface area contributed by atoms with Gasteiger partial charge in [-0.2, -0.15) is 0 Å². The first-order valence-corrected chi connectivity index (χ1v) is 7.03. The van der Waals surface area contributed by atoms with Crippen molar-refractivity contribution in [3.05, 3.63) is 35.6 Å². The van der Waals surface area contributed by atoms with Crippen LogP contribution in [0.4, 0.5) is 4.39 Å². The van der Waals surface area contributed by atoms with Gasteiger partial charge in [-0.25, -0.2) is 4.39 Å². The van der Waals surface area contributed by atoms with Crippen LogP contribution >= 0.6 is 0 Å². The molecule has 1 saturated carbocycles. The number of carbonyl (C=O) groups is 1. The summed E-state index contributed by atoms with van der Waals surface area (Å²) in [6.07, 6.45) is 4.75. The van der Waals surface area contributed by atoms with E-state index in [9.17, 15) is 14.3 Å². The fraction of sp³-hybridized carbons (Fsp3) is 0.562. The quantitative estimate of drug-likeness (QED) is 0.895. The van der Waals surface area contributed by atoms with Gasteiger partial charge in [-0.05, 0) is 48.8 Å². The number of carboxylic acid groups (broad SMARTS) is 1. The molecule has 1 aromatic rings. The monoisotopic (exact) mass is 264 g/mol. The predicted molar refractivity (Wildman–Crippen MR) is 72.4 cm³/mol. The summed E-state index contributed by atoms with van der Waals surface area (Å²) in [6, 6.07) is 6.18. The molecule has 1 aliphatic rings. The van der Waals surface area contributed by atoms with Gasteiger partial charge in [0, 0.05) is 0 Å². The van der Waals surface area contributed by atoms with E-state index in [4.69, 9.17) is 0 Å². The second-order valence-corrected chi connectivity index (χ2v) is 5.80. The Morgan fingerprint density at radius 2 is 1.84 bits per heavy atom. The van der Waals surface area contributed by atoms with Crippen LogP contribution in [0, 0.1) is 23.6 Å². The van der Waals surface area contributed by atoms with Gasteiger partial charge in [0.1, 0.15) is 5.82 Å². The van der Waals surface area contributed by atoms with E-state index in [0.29, 0.717) is 6.42 Å². The van der Waals surface area contributed by atoms with Crippen LogP contribution in [0.3, 0.4) is 0 Å². The summed E-state index contributed by atoms with van der Waals surface area (Å²) >= 11 is 0. The highest BCUT2D eigenvalue weighted by molar-refractivity contribution is 5.70. The zero-order chi connectivity index (χ0) is 13.8. The van der Waals surface area contributed by atoms with Crippen molar-refractivity contribution in [2.75, 3.05) is 0 Å². The molecule has 104 valence electrons. The summed E-state index contributed by atoms with van der Waals surface area (Å²) in [6.45, 7) is 2.23. The van der Waals surface area contributed by atoms with E-state index in [2.05, 4.69) is 6.92 Å². The fourth-order valence-electron chi connectivity index (χ4n) is 3.02. The minimum absolute atomic E-state index is 0.263. The molecule has 1 atom stereocenters. The molecule has 0 aliphatic heterocycles.